The molecule has 1 aromatic carbocycles. The fourth-order valence-corrected chi connectivity index (χ4v) is 5.75. The number of benzene rings is 1. The molecule has 0 radical (unpaired) electrons. The number of likely N-dealkylation sites (N-methyl/N-ethyl adjacent to an activating group) is 1. The van der Waals surface area contributed by atoms with Gasteiger partial charge in [0, 0.05) is 23.2 Å². The van der Waals surface area contributed by atoms with Gasteiger partial charge in [0.2, 0.25) is 5.03 Å². The maximum atomic E-state index is 13.3. The van der Waals surface area contributed by atoms with Crippen molar-refractivity contribution in [2.24, 2.45) is 0 Å². The molecule has 3 heterocycles. The quantitative estimate of drug-likeness (QED) is 0.565. The molecule has 0 fully saturated rings. The van der Waals surface area contributed by atoms with Gasteiger partial charge in [-0.2, -0.15) is 8.42 Å². The van der Waals surface area contributed by atoms with Crippen LogP contribution >= 0.6 is 22.9 Å². The number of imidazole rings is 1. The van der Waals surface area contributed by atoms with Gasteiger partial charge in [-0.05, 0) is 31.6 Å². The van der Waals surface area contributed by atoms with Crippen LogP contribution in [0.3, 0.4) is 0 Å². The van der Waals surface area contributed by atoms with E-state index in [9.17, 15) is 8.42 Å². The summed E-state index contributed by atoms with van der Waals surface area (Å²) in [6.07, 6.45) is 4.08. The van der Waals surface area contributed by atoms with Gasteiger partial charge in [0.25, 0.3) is 10.0 Å². The zero-order valence-corrected chi connectivity index (χ0v) is 15.7. The first kappa shape index (κ1) is 16.6. The molecule has 0 saturated carbocycles. The molecule has 0 aliphatic carbocycles. The fourth-order valence-electron chi connectivity index (χ4n) is 2.94. The van der Waals surface area contributed by atoms with E-state index in [4.69, 9.17) is 11.6 Å². The molecule has 0 aliphatic rings. The highest BCUT2D eigenvalue weighted by Gasteiger charge is 2.28. The van der Waals surface area contributed by atoms with Crippen molar-refractivity contribution in [1.29, 1.82) is 0 Å². The third-order valence-electron chi connectivity index (χ3n) is 4.09. The van der Waals surface area contributed by atoms with Crippen LogP contribution in [0, 0.1) is 0 Å². The molecule has 4 aromatic rings. The highest BCUT2D eigenvalue weighted by molar-refractivity contribution is 7.90. The molecular formula is C16H15ClN4O2S2. The number of hydrogen-bond acceptors (Lipinski definition) is 5. The van der Waals surface area contributed by atoms with Gasteiger partial charge in [0.1, 0.15) is 0 Å². The first-order chi connectivity index (χ1) is 12.0. The second-order valence-corrected chi connectivity index (χ2v) is 8.55. The van der Waals surface area contributed by atoms with Crippen LogP contribution in [0.4, 0.5) is 0 Å². The number of nitrogens with one attached hydrogen (secondary N) is 1. The second-order valence-electron chi connectivity index (χ2n) is 5.59. The first-order valence-corrected chi connectivity index (χ1v) is 10.3. The lowest BCUT2D eigenvalue weighted by Crippen LogP contribution is -2.14. The summed E-state index contributed by atoms with van der Waals surface area (Å²) in [4.78, 5) is 4.70. The van der Waals surface area contributed by atoms with Gasteiger partial charge in [0.15, 0.2) is 10.1 Å². The number of para-hydroxylation sites is 1. The summed E-state index contributed by atoms with van der Waals surface area (Å²) in [5.41, 5.74) is 1.60. The highest BCUT2D eigenvalue weighted by atomic mass is 35.5. The minimum absolute atomic E-state index is 0.00802. The minimum Gasteiger partial charge on any atom is -0.319 e. The van der Waals surface area contributed by atoms with Gasteiger partial charge in [-0.15, -0.1) is 11.3 Å². The number of thiazole rings is 1. The lowest BCUT2D eigenvalue weighted by Gasteiger charge is -2.06. The number of hydrogen-bond donors (Lipinski definition) is 1. The average molecular weight is 395 g/mol. The SMILES string of the molecule is CNCCc1cn(S(=O)(=O)c2c(Cl)nc3sccn23)c2ccccc12. The van der Waals surface area contributed by atoms with Crippen LogP contribution in [0.15, 0.2) is 47.1 Å². The van der Waals surface area contributed by atoms with E-state index >= 15 is 0 Å². The molecule has 3 aromatic heterocycles. The normalized spacial score (nSPS) is 12.4. The Bertz CT molecular complexity index is 1170. The molecule has 9 heteroatoms. The average Bonchev–Trinajstić information content (AvgIpc) is 3.25. The third-order valence-corrected chi connectivity index (χ3v) is 6.92. The van der Waals surface area contributed by atoms with E-state index in [0.717, 1.165) is 23.9 Å². The van der Waals surface area contributed by atoms with Crippen molar-refractivity contribution in [2.75, 3.05) is 13.6 Å². The van der Waals surface area contributed by atoms with Gasteiger partial charge in [-0.3, -0.25) is 4.40 Å². The van der Waals surface area contributed by atoms with Gasteiger partial charge in [-0.1, -0.05) is 29.8 Å². The van der Waals surface area contributed by atoms with Crippen LogP contribution in [0.5, 0.6) is 0 Å². The zero-order valence-electron chi connectivity index (χ0n) is 13.3. The molecule has 1 N–H and O–H groups in total. The van der Waals surface area contributed by atoms with Gasteiger partial charge < -0.3 is 5.32 Å². The van der Waals surface area contributed by atoms with Crippen molar-refractivity contribution in [2.45, 2.75) is 11.4 Å². The van der Waals surface area contributed by atoms with E-state index in [-0.39, 0.29) is 10.2 Å². The number of rotatable bonds is 5. The van der Waals surface area contributed by atoms with Crippen LogP contribution in [-0.2, 0) is 16.4 Å². The van der Waals surface area contributed by atoms with E-state index in [2.05, 4.69) is 10.3 Å². The van der Waals surface area contributed by atoms with Crippen LogP contribution in [0.1, 0.15) is 5.56 Å². The van der Waals surface area contributed by atoms with Crippen molar-refractivity contribution in [3.8, 4) is 0 Å². The summed E-state index contributed by atoms with van der Waals surface area (Å²) in [6, 6.07) is 7.47. The van der Waals surface area contributed by atoms with Crippen molar-refractivity contribution in [3.05, 3.63) is 52.8 Å². The molecule has 0 spiro atoms. The Labute approximate surface area is 153 Å². The molecule has 130 valence electrons. The highest BCUT2D eigenvalue weighted by Crippen LogP contribution is 2.31. The molecule has 4 rings (SSSR count). The zero-order chi connectivity index (χ0) is 17.6. The number of halogens is 1. The summed E-state index contributed by atoms with van der Waals surface area (Å²) in [7, 11) is -2.01. The number of nitrogens with zero attached hydrogens (tertiary/aromatic N) is 3. The predicted molar refractivity (Wildman–Crippen MR) is 100 cm³/mol. The Balaban J connectivity index is 1.97. The Hall–Kier alpha value is -1.87. The smallest absolute Gasteiger partial charge is 0.287 e. The first-order valence-electron chi connectivity index (χ1n) is 7.64. The monoisotopic (exact) mass is 394 g/mol. The van der Waals surface area contributed by atoms with Crippen molar-refractivity contribution < 1.29 is 8.42 Å². The molecule has 0 bridgehead atoms. The molecule has 0 saturated heterocycles. The van der Waals surface area contributed by atoms with Crippen molar-refractivity contribution in [3.63, 3.8) is 0 Å². The van der Waals surface area contributed by atoms with E-state index in [1.54, 1.807) is 23.8 Å². The molecule has 25 heavy (non-hydrogen) atoms. The summed E-state index contributed by atoms with van der Waals surface area (Å²) < 4.78 is 29.5. The van der Waals surface area contributed by atoms with E-state index in [1.165, 1.54) is 19.7 Å². The summed E-state index contributed by atoms with van der Waals surface area (Å²) in [5, 5.41) is 5.77. The Kier molecular flexibility index (Phi) is 4.07. The number of aromatic nitrogens is 3. The largest absolute Gasteiger partial charge is 0.319 e. The van der Waals surface area contributed by atoms with Crippen LogP contribution in [0.25, 0.3) is 15.9 Å². The lowest BCUT2D eigenvalue weighted by molar-refractivity contribution is 0.584. The molecule has 0 atom stereocenters. The maximum Gasteiger partial charge on any atom is 0.287 e. The van der Waals surface area contributed by atoms with E-state index in [1.807, 2.05) is 25.2 Å². The van der Waals surface area contributed by atoms with Crippen molar-refractivity contribution in [1.82, 2.24) is 18.7 Å². The lowest BCUT2D eigenvalue weighted by atomic mass is 10.1. The van der Waals surface area contributed by atoms with Crippen LogP contribution in [0.2, 0.25) is 5.15 Å². The van der Waals surface area contributed by atoms with Crippen LogP contribution < -0.4 is 5.32 Å². The molecule has 0 amide bonds. The fraction of sp³-hybridized carbons (Fsp3) is 0.188. The maximum absolute atomic E-state index is 13.3. The van der Waals surface area contributed by atoms with E-state index < -0.39 is 10.0 Å². The minimum atomic E-state index is -3.88. The Morgan fingerprint density at radius 3 is 2.92 bits per heavy atom. The summed E-state index contributed by atoms with van der Waals surface area (Å²) in [6.45, 7) is 0.760. The predicted octanol–water partition coefficient (Wildman–Crippen LogP) is 3.00. The van der Waals surface area contributed by atoms with E-state index in [0.29, 0.717) is 10.5 Å². The molecular weight excluding hydrogens is 380 g/mol. The topological polar surface area (TPSA) is 68.4 Å². The van der Waals surface area contributed by atoms with Gasteiger partial charge in [0.05, 0.1) is 5.52 Å². The van der Waals surface area contributed by atoms with Crippen molar-refractivity contribution >= 4 is 48.8 Å². The molecule has 0 aliphatic heterocycles. The second kappa shape index (κ2) is 6.14. The molecule has 0 unspecified atom stereocenters. The Morgan fingerprint density at radius 1 is 1.32 bits per heavy atom. The van der Waals surface area contributed by atoms with Gasteiger partial charge in [-0.25, -0.2) is 8.96 Å². The van der Waals surface area contributed by atoms with Crippen LogP contribution in [-0.4, -0.2) is 35.4 Å². The number of fused-ring (bicyclic) bond motifs is 2. The summed E-state index contributed by atoms with van der Waals surface area (Å²) in [5.74, 6) is 0. The summed E-state index contributed by atoms with van der Waals surface area (Å²) >= 11 is 7.50. The van der Waals surface area contributed by atoms with Gasteiger partial charge >= 0.3 is 0 Å². The Morgan fingerprint density at radius 2 is 2.12 bits per heavy atom. The standard InChI is InChI=1S/C16H15ClN4O2S2/c1-18-7-6-11-10-21(13-5-3-2-4-12(11)13)25(22,23)15-14(17)19-16-20(15)8-9-24-16/h2-5,8-10,18H,6-7H2,1H3. The third kappa shape index (κ3) is 2.56. The molecule has 6 nitrogen and oxygen atoms in total.